The van der Waals surface area contributed by atoms with Gasteiger partial charge in [0.1, 0.15) is 5.78 Å². The number of carbonyl (C=O) groups excluding carboxylic acids is 1. The van der Waals surface area contributed by atoms with Crippen LogP contribution < -0.4 is 0 Å². The van der Waals surface area contributed by atoms with Crippen molar-refractivity contribution in [2.75, 3.05) is 0 Å². The van der Waals surface area contributed by atoms with Gasteiger partial charge in [-0.1, -0.05) is 32.6 Å². The molecule has 0 spiro atoms. The number of hydrogen-bond donors (Lipinski definition) is 0. The molecule has 0 aromatic rings. The van der Waals surface area contributed by atoms with Crippen LogP contribution in [0.4, 0.5) is 0 Å². The van der Waals surface area contributed by atoms with Gasteiger partial charge in [0.25, 0.3) is 0 Å². The summed E-state index contributed by atoms with van der Waals surface area (Å²) >= 11 is 0. The quantitative estimate of drug-likeness (QED) is 0.579. The molecule has 0 heterocycles. The monoisotopic (exact) mass is 168 g/mol. The fraction of sp³-hybridized carbons (Fsp3) is 0.909. The van der Waals surface area contributed by atoms with Gasteiger partial charge in [0.15, 0.2) is 0 Å². The maximum Gasteiger partial charge on any atom is 0.133 e. The van der Waals surface area contributed by atoms with Crippen LogP contribution in [0.25, 0.3) is 0 Å². The van der Waals surface area contributed by atoms with E-state index in [2.05, 4.69) is 6.92 Å². The number of rotatable bonds is 2. The van der Waals surface area contributed by atoms with Crippen LogP contribution in [-0.4, -0.2) is 5.78 Å². The smallest absolute Gasteiger partial charge is 0.133 e. The van der Waals surface area contributed by atoms with Crippen LogP contribution in [0.3, 0.4) is 0 Å². The van der Waals surface area contributed by atoms with E-state index >= 15 is 0 Å². The molecule has 0 aliphatic heterocycles. The van der Waals surface area contributed by atoms with E-state index in [4.69, 9.17) is 0 Å². The molecule has 12 heavy (non-hydrogen) atoms. The van der Waals surface area contributed by atoms with E-state index in [1.165, 1.54) is 32.1 Å². The Morgan fingerprint density at radius 2 is 1.92 bits per heavy atom. The lowest BCUT2D eigenvalue weighted by Gasteiger charge is -2.20. The first kappa shape index (κ1) is 9.76. The molecular weight excluding hydrogens is 148 g/mol. The molecule has 1 fully saturated rings. The molecule has 0 radical (unpaired) electrons. The first-order valence-electron chi connectivity index (χ1n) is 5.26. The van der Waals surface area contributed by atoms with Gasteiger partial charge in [0.05, 0.1) is 0 Å². The van der Waals surface area contributed by atoms with Crippen molar-refractivity contribution >= 4 is 5.78 Å². The molecule has 1 unspecified atom stereocenters. The highest BCUT2D eigenvalue weighted by Crippen LogP contribution is 2.31. The number of Topliss-reactive ketones (excluding diaryl/α,β-unsaturated/α-hetero) is 1. The van der Waals surface area contributed by atoms with Gasteiger partial charge in [-0.3, -0.25) is 4.79 Å². The lowest BCUT2D eigenvalue weighted by molar-refractivity contribution is -0.122. The predicted molar refractivity (Wildman–Crippen MR) is 51.0 cm³/mol. The van der Waals surface area contributed by atoms with Gasteiger partial charge >= 0.3 is 0 Å². The molecule has 1 aliphatic rings. The third kappa shape index (κ3) is 2.33. The zero-order chi connectivity index (χ0) is 8.97. The second-order valence-corrected chi connectivity index (χ2v) is 4.02. The Bertz CT molecular complexity index is 151. The van der Waals surface area contributed by atoms with E-state index in [-0.39, 0.29) is 0 Å². The van der Waals surface area contributed by atoms with Crippen molar-refractivity contribution in [1.29, 1.82) is 0 Å². The SMILES string of the molecule is CCC1CCCCC[C@H]1C(C)=O. The molecule has 1 rings (SSSR count). The van der Waals surface area contributed by atoms with Crippen molar-refractivity contribution in [3.05, 3.63) is 0 Å². The lowest BCUT2D eigenvalue weighted by Crippen LogP contribution is -2.19. The summed E-state index contributed by atoms with van der Waals surface area (Å²) in [6.07, 6.45) is 7.54. The van der Waals surface area contributed by atoms with Crippen LogP contribution in [-0.2, 0) is 4.79 Å². The molecule has 0 aromatic carbocycles. The van der Waals surface area contributed by atoms with E-state index < -0.39 is 0 Å². The first-order valence-corrected chi connectivity index (χ1v) is 5.26. The topological polar surface area (TPSA) is 17.1 Å². The van der Waals surface area contributed by atoms with Crippen molar-refractivity contribution in [2.45, 2.75) is 52.4 Å². The van der Waals surface area contributed by atoms with E-state index in [1.54, 1.807) is 6.92 Å². The highest BCUT2D eigenvalue weighted by atomic mass is 16.1. The maximum atomic E-state index is 11.3. The first-order chi connectivity index (χ1) is 5.75. The van der Waals surface area contributed by atoms with Crippen LogP contribution in [0.2, 0.25) is 0 Å². The Morgan fingerprint density at radius 1 is 1.25 bits per heavy atom. The molecule has 70 valence electrons. The zero-order valence-electron chi connectivity index (χ0n) is 8.31. The predicted octanol–water partition coefficient (Wildman–Crippen LogP) is 3.18. The van der Waals surface area contributed by atoms with Gasteiger partial charge in [-0.15, -0.1) is 0 Å². The second-order valence-electron chi connectivity index (χ2n) is 4.02. The van der Waals surface area contributed by atoms with Crippen LogP contribution in [0.5, 0.6) is 0 Å². The second kappa shape index (κ2) is 4.64. The van der Waals surface area contributed by atoms with E-state index in [1.807, 2.05) is 0 Å². The summed E-state index contributed by atoms with van der Waals surface area (Å²) in [6.45, 7) is 3.98. The van der Waals surface area contributed by atoms with Crippen molar-refractivity contribution in [3.8, 4) is 0 Å². The third-order valence-corrected chi connectivity index (χ3v) is 3.21. The molecule has 2 atom stereocenters. The average Bonchev–Trinajstić information content (AvgIpc) is 2.27. The number of carbonyl (C=O) groups is 1. The number of hydrogen-bond acceptors (Lipinski definition) is 1. The summed E-state index contributed by atoms with van der Waals surface area (Å²) < 4.78 is 0. The Labute approximate surface area is 75.5 Å². The lowest BCUT2D eigenvalue weighted by atomic mass is 9.83. The van der Waals surface area contributed by atoms with Crippen molar-refractivity contribution in [2.24, 2.45) is 11.8 Å². The van der Waals surface area contributed by atoms with Crippen molar-refractivity contribution in [3.63, 3.8) is 0 Å². The molecule has 1 aliphatic carbocycles. The molecule has 0 aromatic heterocycles. The van der Waals surface area contributed by atoms with Gasteiger partial charge in [0.2, 0.25) is 0 Å². The molecule has 0 bridgehead atoms. The van der Waals surface area contributed by atoms with Crippen LogP contribution >= 0.6 is 0 Å². The van der Waals surface area contributed by atoms with E-state index in [0.717, 1.165) is 6.42 Å². The summed E-state index contributed by atoms with van der Waals surface area (Å²) in [4.78, 5) is 11.3. The Kier molecular flexibility index (Phi) is 3.77. The van der Waals surface area contributed by atoms with E-state index in [9.17, 15) is 4.79 Å². The van der Waals surface area contributed by atoms with Gasteiger partial charge in [-0.2, -0.15) is 0 Å². The fourth-order valence-corrected chi connectivity index (χ4v) is 2.41. The Balaban J connectivity index is 2.57. The minimum atomic E-state index is 0.387. The minimum Gasteiger partial charge on any atom is -0.300 e. The molecule has 1 heteroatoms. The van der Waals surface area contributed by atoms with Gasteiger partial charge in [0, 0.05) is 5.92 Å². The van der Waals surface area contributed by atoms with Crippen molar-refractivity contribution in [1.82, 2.24) is 0 Å². The summed E-state index contributed by atoms with van der Waals surface area (Å²) in [6, 6.07) is 0. The van der Waals surface area contributed by atoms with Crippen LogP contribution in [0, 0.1) is 11.8 Å². The third-order valence-electron chi connectivity index (χ3n) is 3.21. The van der Waals surface area contributed by atoms with Crippen LogP contribution in [0.1, 0.15) is 52.4 Å². The summed E-state index contributed by atoms with van der Waals surface area (Å²) in [7, 11) is 0. The minimum absolute atomic E-state index is 0.387. The fourth-order valence-electron chi connectivity index (χ4n) is 2.41. The zero-order valence-corrected chi connectivity index (χ0v) is 8.31. The molecule has 1 saturated carbocycles. The normalized spacial score (nSPS) is 31.2. The van der Waals surface area contributed by atoms with Gasteiger partial charge in [-0.25, -0.2) is 0 Å². The maximum absolute atomic E-state index is 11.3. The standard InChI is InChI=1S/C11H20O/c1-3-10-7-5-4-6-8-11(10)9(2)12/h10-11H,3-8H2,1-2H3/t10?,11-/m0/s1. The largest absolute Gasteiger partial charge is 0.300 e. The van der Waals surface area contributed by atoms with Gasteiger partial charge in [-0.05, 0) is 25.7 Å². The molecule has 0 amide bonds. The molecular formula is C11H20O. The number of ketones is 1. The Morgan fingerprint density at radius 3 is 2.50 bits per heavy atom. The average molecular weight is 168 g/mol. The van der Waals surface area contributed by atoms with Gasteiger partial charge < -0.3 is 0 Å². The summed E-state index contributed by atoms with van der Waals surface area (Å²) in [5, 5.41) is 0. The summed E-state index contributed by atoms with van der Waals surface area (Å²) in [5.41, 5.74) is 0. The van der Waals surface area contributed by atoms with E-state index in [0.29, 0.717) is 17.6 Å². The summed E-state index contributed by atoms with van der Waals surface area (Å²) in [5.74, 6) is 1.49. The highest BCUT2D eigenvalue weighted by molar-refractivity contribution is 5.78. The van der Waals surface area contributed by atoms with Crippen LogP contribution in [0.15, 0.2) is 0 Å². The molecule has 0 saturated heterocycles. The van der Waals surface area contributed by atoms with Crippen molar-refractivity contribution < 1.29 is 4.79 Å². The highest BCUT2D eigenvalue weighted by Gasteiger charge is 2.25. The molecule has 0 N–H and O–H groups in total. The molecule has 1 nitrogen and oxygen atoms in total. The Hall–Kier alpha value is -0.330.